The monoisotopic (exact) mass is 336 g/mol. The molecule has 1 aromatic heterocycles. The van der Waals surface area contributed by atoms with Crippen molar-refractivity contribution < 1.29 is 19.5 Å². The number of methoxy groups -OCH3 is 1. The number of carbonyl (C=O) groups excluding carboxylic acids is 1. The molecule has 0 saturated carbocycles. The highest BCUT2D eigenvalue weighted by atomic mass is 16.5. The van der Waals surface area contributed by atoms with Crippen LogP contribution in [-0.2, 0) is 0 Å². The maximum Gasteiger partial charge on any atom is 0.255 e. The van der Waals surface area contributed by atoms with Crippen LogP contribution in [0.25, 0.3) is 11.1 Å². The number of carbonyl (C=O) groups is 1. The summed E-state index contributed by atoms with van der Waals surface area (Å²) >= 11 is 0. The van der Waals surface area contributed by atoms with Gasteiger partial charge in [-0.1, -0.05) is 6.07 Å². The van der Waals surface area contributed by atoms with Crippen LogP contribution in [0.2, 0.25) is 0 Å². The summed E-state index contributed by atoms with van der Waals surface area (Å²) in [5, 5.41) is 12.1. The Morgan fingerprint density at radius 1 is 1.04 bits per heavy atom. The molecule has 2 aromatic carbocycles. The minimum absolute atomic E-state index is 0.257. The fraction of sp³-hybridized carbons (Fsp3) is 0.0526. The van der Waals surface area contributed by atoms with Crippen molar-refractivity contribution in [2.75, 3.05) is 18.2 Å². The molecule has 0 atom stereocenters. The highest BCUT2D eigenvalue weighted by molar-refractivity contribution is 6.06. The molecule has 0 saturated heterocycles. The number of hydrogen-bond acceptors (Lipinski definition) is 4. The van der Waals surface area contributed by atoms with E-state index in [4.69, 9.17) is 10.5 Å². The summed E-state index contributed by atoms with van der Waals surface area (Å²) in [5.41, 5.74) is 9.26. The van der Waals surface area contributed by atoms with Gasteiger partial charge in [-0.3, -0.25) is 10.0 Å². The van der Waals surface area contributed by atoms with E-state index in [9.17, 15) is 10.0 Å². The van der Waals surface area contributed by atoms with Crippen molar-refractivity contribution in [1.29, 1.82) is 0 Å². The Labute approximate surface area is 145 Å². The summed E-state index contributed by atoms with van der Waals surface area (Å²) in [6, 6.07) is 15.7. The van der Waals surface area contributed by atoms with Gasteiger partial charge in [0.25, 0.3) is 5.91 Å². The van der Waals surface area contributed by atoms with Gasteiger partial charge in [-0.15, -0.1) is 0 Å². The van der Waals surface area contributed by atoms with Crippen molar-refractivity contribution in [2.24, 2.45) is 0 Å². The van der Waals surface area contributed by atoms with Gasteiger partial charge in [-0.2, -0.15) is 0 Å². The summed E-state index contributed by atoms with van der Waals surface area (Å²) in [4.78, 5) is 12.4. The van der Waals surface area contributed by atoms with Gasteiger partial charge in [0.1, 0.15) is 5.75 Å². The zero-order chi connectivity index (χ0) is 17.8. The smallest absolute Gasteiger partial charge is 0.255 e. The fourth-order valence-electron chi connectivity index (χ4n) is 2.39. The molecule has 6 heteroatoms. The molecule has 6 nitrogen and oxygen atoms in total. The van der Waals surface area contributed by atoms with E-state index in [1.54, 1.807) is 55.6 Å². The van der Waals surface area contributed by atoms with Gasteiger partial charge in [-0.25, -0.2) is 0 Å². The van der Waals surface area contributed by atoms with Crippen LogP contribution in [0.1, 0.15) is 10.4 Å². The lowest BCUT2D eigenvalue weighted by Gasteiger charge is -2.11. The molecule has 4 N–H and O–H groups in total. The third kappa shape index (κ3) is 3.69. The number of rotatable bonds is 4. The Kier molecular flexibility index (Phi) is 4.52. The molecule has 1 amide bonds. The number of amides is 1. The average Bonchev–Trinajstić information content (AvgIpc) is 2.64. The molecule has 0 bridgehead atoms. The van der Waals surface area contributed by atoms with Crippen LogP contribution in [0.3, 0.4) is 0 Å². The molecule has 0 aliphatic heterocycles. The van der Waals surface area contributed by atoms with E-state index in [-0.39, 0.29) is 5.91 Å². The van der Waals surface area contributed by atoms with E-state index in [2.05, 4.69) is 5.32 Å². The number of nitrogens with two attached hydrogens (primary N) is 1. The molecule has 3 aromatic rings. The molecule has 0 radical (unpaired) electrons. The summed E-state index contributed by atoms with van der Waals surface area (Å²) in [7, 11) is 1.57. The first-order valence-electron chi connectivity index (χ1n) is 7.62. The number of nitrogens with zero attached hydrogens (tertiary/aromatic N) is 1. The van der Waals surface area contributed by atoms with Gasteiger partial charge in [0.2, 0.25) is 12.4 Å². The first-order valence-corrected chi connectivity index (χ1v) is 7.62. The predicted octanol–water partition coefficient (Wildman–Crippen LogP) is 2.72. The zero-order valence-corrected chi connectivity index (χ0v) is 13.6. The van der Waals surface area contributed by atoms with E-state index in [0.29, 0.717) is 22.7 Å². The van der Waals surface area contributed by atoms with Gasteiger partial charge >= 0.3 is 0 Å². The largest absolute Gasteiger partial charge is 0.497 e. The lowest BCUT2D eigenvalue weighted by molar-refractivity contribution is -0.904. The Bertz CT molecular complexity index is 891. The van der Waals surface area contributed by atoms with Crippen molar-refractivity contribution in [2.45, 2.75) is 0 Å². The van der Waals surface area contributed by atoms with Crippen LogP contribution >= 0.6 is 0 Å². The standard InChI is InChI=1S/C19H17N3O3/c1-25-16-5-2-14(3-6-16)19(23)21-18-12-15(4-7-17(18)20)13-8-10-22(24)11-9-13/h2-12,20,24H,1H3,(H,21,23)/p+1. The molecular weight excluding hydrogens is 318 g/mol. The lowest BCUT2D eigenvalue weighted by Crippen LogP contribution is -2.27. The molecule has 0 aliphatic carbocycles. The van der Waals surface area contributed by atoms with Crippen LogP contribution in [0.15, 0.2) is 67.0 Å². The first-order chi connectivity index (χ1) is 12.1. The molecule has 126 valence electrons. The van der Waals surface area contributed by atoms with Crippen molar-refractivity contribution in [1.82, 2.24) is 0 Å². The van der Waals surface area contributed by atoms with E-state index >= 15 is 0 Å². The van der Waals surface area contributed by atoms with Gasteiger partial charge in [-0.05, 0) is 47.5 Å². The third-order valence-corrected chi connectivity index (χ3v) is 3.80. The molecular formula is C19H18N3O3+. The van der Waals surface area contributed by atoms with E-state index in [1.165, 1.54) is 12.4 Å². The summed E-state index contributed by atoms with van der Waals surface area (Å²) in [6.07, 6.45) is 3.06. The van der Waals surface area contributed by atoms with Crippen molar-refractivity contribution >= 4 is 17.3 Å². The highest BCUT2D eigenvalue weighted by Crippen LogP contribution is 2.27. The van der Waals surface area contributed by atoms with Crippen molar-refractivity contribution in [3.8, 4) is 16.9 Å². The maximum atomic E-state index is 12.4. The second-order valence-electron chi connectivity index (χ2n) is 5.45. The highest BCUT2D eigenvalue weighted by Gasteiger charge is 2.10. The minimum atomic E-state index is -0.257. The number of nitrogen functional groups attached to an aromatic ring is 1. The van der Waals surface area contributed by atoms with Crippen LogP contribution in [0, 0.1) is 0 Å². The van der Waals surface area contributed by atoms with Crippen LogP contribution in [-0.4, -0.2) is 18.2 Å². The topological polar surface area (TPSA) is 88.5 Å². The number of pyridine rings is 1. The van der Waals surface area contributed by atoms with Crippen molar-refractivity contribution in [3.63, 3.8) is 0 Å². The number of nitrogens with one attached hydrogen (secondary N) is 1. The summed E-state index contributed by atoms with van der Waals surface area (Å²) in [5.74, 6) is 0.427. The molecule has 25 heavy (non-hydrogen) atoms. The Hall–Kier alpha value is -3.54. The van der Waals surface area contributed by atoms with Gasteiger partial charge in [0.15, 0.2) is 0 Å². The number of benzene rings is 2. The number of anilines is 2. The Morgan fingerprint density at radius 3 is 2.36 bits per heavy atom. The quantitative estimate of drug-likeness (QED) is 0.388. The Balaban J connectivity index is 1.84. The normalized spacial score (nSPS) is 10.3. The fourth-order valence-corrected chi connectivity index (χ4v) is 2.39. The molecule has 0 spiro atoms. The molecule has 1 heterocycles. The van der Waals surface area contributed by atoms with Crippen molar-refractivity contribution in [3.05, 3.63) is 72.6 Å². The predicted molar refractivity (Wildman–Crippen MR) is 94.6 cm³/mol. The van der Waals surface area contributed by atoms with Crippen LogP contribution in [0.4, 0.5) is 11.4 Å². The Morgan fingerprint density at radius 2 is 1.72 bits per heavy atom. The third-order valence-electron chi connectivity index (χ3n) is 3.80. The maximum absolute atomic E-state index is 12.4. The first kappa shape index (κ1) is 16.3. The molecule has 3 rings (SSSR count). The van der Waals surface area contributed by atoms with E-state index in [1.807, 2.05) is 6.07 Å². The van der Waals surface area contributed by atoms with Gasteiger partial charge in [0.05, 0.1) is 18.5 Å². The zero-order valence-electron chi connectivity index (χ0n) is 13.6. The summed E-state index contributed by atoms with van der Waals surface area (Å²) < 4.78 is 6.05. The van der Waals surface area contributed by atoms with Crippen LogP contribution < -0.4 is 20.5 Å². The SMILES string of the molecule is COc1ccc(C(=O)Nc2cc(-c3cc[n+](O)cc3)ccc2N)cc1. The summed E-state index contributed by atoms with van der Waals surface area (Å²) in [6.45, 7) is 0. The molecule has 0 fully saturated rings. The second-order valence-corrected chi connectivity index (χ2v) is 5.45. The lowest BCUT2D eigenvalue weighted by atomic mass is 10.1. The average molecular weight is 336 g/mol. The number of ether oxygens (including phenoxy) is 1. The van der Waals surface area contributed by atoms with Crippen LogP contribution in [0.5, 0.6) is 5.75 Å². The molecule has 0 aliphatic rings. The number of hydrogen-bond donors (Lipinski definition) is 3. The van der Waals surface area contributed by atoms with Gasteiger partial charge < -0.3 is 15.8 Å². The number of aromatic nitrogens is 1. The molecule has 0 unspecified atom stereocenters. The van der Waals surface area contributed by atoms with E-state index in [0.717, 1.165) is 15.9 Å². The van der Waals surface area contributed by atoms with Gasteiger partial charge in [0, 0.05) is 22.4 Å². The second kappa shape index (κ2) is 6.92. The minimum Gasteiger partial charge on any atom is -0.497 e. The van der Waals surface area contributed by atoms with E-state index < -0.39 is 0 Å².